The molecule has 0 radical (unpaired) electrons. The van der Waals surface area contributed by atoms with Gasteiger partial charge < -0.3 is 9.84 Å². The SMILES string of the molecule is COc1cc(C)c(O)c(C(=O)C(C)=P(c2ccccc2)(c2ccccc2)c2ccccc2)c1. The normalized spacial score (nSPS) is 11.1. The van der Waals surface area contributed by atoms with E-state index in [9.17, 15) is 9.90 Å². The highest BCUT2D eigenvalue weighted by Gasteiger charge is 2.32. The number of aryl methyl sites for hydroxylation is 1. The van der Waals surface area contributed by atoms with Gasteiger partial charge in [-0.05, 0) is 54.3 Å². The van der Waals surface area contributed by atoms with Gasteiger partial charge in [0.2, 0.25) is 0 Å². The van der Waals surface area contributed by atoms with Crippen molar-refractivity contribution in [3.8, 4) is 11.5 Å². The predicted octanol–water partition coefficient (Wildman–Crippen LogP) is 5.08. The lowest BCUT2D eigenvalue weighted by Crippen LogP contribution is -2.32. The topological polar surface area (TPSA) is 46.5 Å². The van der Waals surface area contributed by atoms with Crippen LogP contribution >= 0.6 is 6.89 Å². The average molecular weight is 455 g/mol. The third kappa shape index (κ3) is 4.01. The van der Waals surface area contributed by atoms with Gasteiger partial charge in [0.1, 0.15) is 11.5 Å². The van der Waals surface area contributed by atoms with Crippen molar-refractivity contribution in [2.75, 3.05) is 7.11 Å². The van der Waals surface area contributed by atoms with Gasteiger partial charge in [-0.3, -0.25) is 4.79 Å². The third-order valence-corrected chi connectivity index (χ3v) is 10.4. The van der Waals surface area contributed by atoms with Crippen LogP contribution in [0.1, 0.15) is 22.8 Å². The molecule has 1 N–H and O–H groups in total. The number of benzene rings is 4. The second-order valence-electron chi connectivity index (χ2n) is 7.93. The van der Waals surface area contributed by atoms with Crippen LogP contribution in [0.4, 0.5) is 0 Å². The Kier molecular flexibility index (Phi) is 6.53. The minimum atomic E-state index is -2.51. The Morgan fingerprint density at radius 3 is 1.58 bits per heavy atom. The molecule has 3 nitrogen and oxygen atoms in total. The van der Waals surface area contributed by atoms with Crippen molar-refractivity contribution < 1.29 is 14.6 Å². The highest BCUT2D eigenvalue weighted by atomic mass is 31.2. The molecule has 0 atom stereocenters. The van der Waals surface area contributed by atoms with Gasteiger partial charge in [0.15, 0.2) is 5.78 Å². The van der Waals surface area contributed by atoms with Crippen molar-refractivity contribution in [1.29, 1.82) is 0 Å². The summed E-state index contributed by atoms with van der Waals surface area (Å²) < 4.78 is 5.40. The Morgan fingerprint density at radius 1 is 0.758 bits per heavy atom. The summed E-state index contributed by atoms with van der Waals surface area (Å²) in [6, 6.07) is 34.0. The first-order chi connectivity index (χ1) is 16.0. The minimum Gasteiger partial charge on any atom is -0.507 e. The number of phenolic OH excluding ortho intramolecular Hbond substituents is 1. The predicted molar refractivity (Wildman–Crippen MR) is 140 cm³/mol. The van der Waals surface area contributed by atoms with E-state index in [0.29, 0.717) is 16.6 Å². The molecule has 0 aromatic heterocycles. The van der Waals surface area contributed by atoms with Gasteiger partial charge in [0, 0.05) is 5.29 Å². The maximum Gasteiger partial charge on any atom is 0.193 e. The molecular formula is C29H27O3P. The number of carbonyl (C=O) groups is 1. The molecule has 4 aromatic carbocycles. The Hall–Kier alpha value is -3.55. The maximum absolute atomic E-state index is 14.1. The van der Waals surface area contributed by atoms with Gasteiger partial charge in [-0.25, -0.2) is 0 Å². The zero-order valence-electron chi connectivity index (χ0n) is 19.0. The van der Waals surface area contributed by atoms with Crippen LogP contribution < -0.4 is 20.7 Å². The van der Waals surface area contributed by atoms with Crippen LogP contribution in [-0.2, 0) is 0 Å². The molecule has 0 saturated carbocycles. The average Bonchev–Trinajstić information content (AvgIpc) is 2.87. The number of carbonyl (C=O) groups excluding carboxylic acids is 1. The van der Waals surface area contributed by atoms with E-state index in [1.54, 1.807) is 26.2 Å². The number of methoxy groups -OCH3 is 1. The number of Topliss-reactive ketones (excluding diaryl/α,β-unsaturated/α-hetero) is 1. The van der Waals surface area contributed by atoms with Crippen LogP contribution in [-0.4, -0.2) is 23.3 Å². The van der Waals surface area contributed by atoms with Crippen molar-refractivity contribution in [3.63, 3.8) is 0 Å². The van der Waals surface area contributed by atoms with E-state index in [0.717, 1.165) is 15.9 Å². The number of rotatable bonds is 6. The molecule has 0 aliphatic rings. The molecular weight excluding hydrogens is 427 g/mol. The summed E-state index contributed by atoms with van der Waals surface area (Å²) in [5.74, 6) is 0.358. The smallest absolute Gasteiger partial charge is 0.193 e. The van der Waals surface area contributed by atoms with Gasteiger partial charge in [-0.15, -0.1) is 0 Å². The molecule has 4 heteroatoms. The standard InChI is InChI=1S/C29H27O3P/c1-21-19-23(32-3)20-27(28(21)30)29(31)22(2)33(24-13-7-4-8-14-24,25-15-9-5-10-16-25)26-17-11-6-12-18-26/h4-20,30H,1-3H3. The molecule has 0 bridgehead atoms. The van der Waals surface area contributed by atoms with Gasteiger partial charge in [-0.1, -0.05) is 91.0 Å². The Morgan fingerprint density at radius 2 is 1.18 bits per heavy atom. The van der Waals surface area contributed by atoms with E-state index < -0.39 is 6.89 Å². The van der Waals surface area contributed by atoms with Crippen molar-refractivity contribution in [2.24, 2.45) is 0 Å². The molecule has 0 fully saturated rings. The lowest BCUT2D eigenvalue weighted by Gasteiger charge is -2.31. The fourth-order valence-corrected chi connectivity index (χ4v) is 8.71. The fourth-order valence-electron chi connectivity index (χ4n) is 4.37. The molecule has 0 heterocycles. The number of phenols is 1. The van der Waals surface area contributed by atoms with Crippen molar-refractivity contribution in [3.05, 3.63) is 114 Å². The number of hydrogen-bond acceptors (Lipinski definition) is 3. The molecule has 0 unspecified atom stereocenters. The number of ketones is 1. The Balaban J connectivity index is 2.16. The molecule has 0 saturated heterocycles. The van der Waals surface area contributed by atoms with Crippen LogP contribution in [0.3, 0.4) is 0 Å². The molecule has 4 aromatic rings. The first kappa shape index (κ1) is 22.6. The second-order valence-corrected chi connectivity index (χ2v) is 11.5. The van der Waals surface area contributed by atoms with Gasteiger partial charge in [0.05, 0.1) is 12.7 Å². The van der Waals surface area contributed by atoms with Crippen LogP contribution in [0.5, 0.6) is 11.5 Å². The van der Waals surface area contributed by atoms with Crippen LogP contribution in [0, 0.1) is 6.92 Å². The zero-order chi connectivity index (χ0) is 23.4. The van der Waals surface area contributed by atoms with Crippen molar-refractivity contribution in [1.82, 2.24) is 0 Å². The van der Waals surface area contributed by atoms with E-state index in [1.807, 2.05) is 61.5 Å². The molecule has 0 aliphatic carbocycles. The Bertz CT molecular complexity index is 1220. The molecule has 0 aliphatic heterocycles. The summed E-state index contributed by atoms with van der Waals surface area (Å²) in [4.78, 5) is 14.1. The van der Waals surface area contributed by atoms with Crippen molar-refractivity contribution in [2.45, 2.75) is 13.8 Å². The summed E-state index contributed by atoms with van der Waals surface area (Å²) in [5, 5.41) is 14.8. The lowest BCUT2D eigenvalue weighted by atomic mass is 10.0. The molecule has 33 heavy (non-hydrogen) atoms. The van der Waals surface area contributed by atoms with Crippen LogP contribution in [0.2, 0.25) is 0 Å². The largest absolute Gasteiger partial charge is 0.507 e. The van der Waals surface area contributed by atoms with Crippen LogP contribution in [0.15, 0.2) is 103 Å². The van der Waals surface area contributed by atoms with Gasteiger partial charge >= 0.3 is 0 Å². The van der Waals surface area contributed by atoms with Gasteiger partial charge in [-0.2, -0.15) is 0 Å². The maximum atomic E-state index is 14.1. The first-order valence-electron chi connectivity index (χ1n) is 10.8. The molecule has 0 spiro atoms. The summed E-state index contributed by atoms with van der Waals surface area (Å²) in [6.07, 6.45) is 0. The third-order valence-electron chi connectivity index (χ3n) is 6.02. The highest BCUT2D eigenvalue weighted by Crippen LogP contribution is 2.47. The lowest BCUT2D eigenvalue weighted by molar-refractivity contribution is 0.106. The number of ether oxygens (including phenoxy) is 1. The monoisotopic (exact) mass is 454 g/mol. The van der Waals surface area contributed by atoms with E-state index in [4.69, 9.17) is 4.74 Å². The highest BCUT2D eigenvalue weighted by molar-refractivity contribution is 7.96. The van der Waals surface area contributed by atoms with E-state index in [2.05, 4.69) is 36.4 Å². The quantitative estimate of drug-likeness (QED) is 0.327. The molecule has 0 amide bonds. The summed E-state index contributed by atoms with van der Waals surface area (Å²) in [5.41, 5.74) is 0.866. The molecule has 4 rings (SSSR count). The van der Waals surface area contributed by atoms with Crippen molar-refractivity contribution >= 4 is 33.9 Å². The van der Waals surface area contributed by atoms with E-state index in [1.165, 1.54) is 0 Å². The minimum absolute atomic E-state index is 0.00700. The van der Waals surface area contributed by atoms with Gasteiger partial charge in [0.25, 0.3) is 0 Å². The second kappa shape index (κ2) is 9.52. The first-order valence-corrected chi connectivity index (χ1v) is 12.6. The number of aromatic hydroxyl groups is 1. The fraction of sp³-hybridized carbons (Fsp3) is 0.103. The van der Waals surface area contributed by atoms with E-state index >= 15 is 0 Å². The summed E-state index contributed by atoms with van der Waals surface area (Å²) >= 11 is 0. The Labute approximate surface area is 195 Å². The zero-order valence-corrected chi connectivity index (χ0v) is 19.9. The summed E-state index contributed by atoms with van der Waals surface area (Å²) in [7, 11) is 1.56. The van der Waals surface area contributed by atoms with Crippen LogP contribution in [0.25, 0.3) is 0 Å². The summed E-state index contributed by atoms with van der Waals surface area (Å²) in [6.45, 7) is 1.18. The number of hydrogen-bond donors (Lipinski definition) is 1. The molecule has 166 valence electrons. The van der Waals surface area contributed by atoms with E-state index in [-0.39, 0.29) is 17.1 Å².